The molecule has 1 heterocycles. The molecule has 2 rings (SSSR count). The van der Waals surface area contributed by atoms with E-state index in [4.69, 9.17) is 0 Å². The van der Waals surface area contributed by atoms with Gasteiger partial charge in [0, 0.05) is 24.7 Å². The third-order valence-electron chi connectivity index (χ3n) is 3.18. The molecule has 1 saturated heterocycles. The average molecular weight is 291 g/mol. The second-order valence-electron chi connectivity index (χ2n) is 4.62. The van der Waals surface area contributed by atoms with Crippen LogP contribution < -0.4 is 5.32 Å². The van der Waals surface area contributed by atoms with Crippen molar-refractivity contribution in [2.45, 2.75) is 6.42 Å². The molecule has 106 valence electrons. The summed E-state index contributed by atoms with van der Waals surface area (Å²) in [6.45, 7) is 2.13. The minimum absolute atomic E-state index is 0. The molecule has 19 heavy (non-hydrogen) atoms. The third kappa shape index (κ3) is 3.88. The standard InChI is InChI=1S/C13H16F2N2O.ClH/c1-16-7-9-2-3-17(8-9)13(18)10-4-11(14)6-12(15)5-10;/h4-6,9,16H,2-3,7-8H2,1H3;1H. The van der Waals surface area contributed by atoms with Crippen LogP contribution in [0.4, 0.5) is 8.78 Å². The van der Waals surface area contributed by atoms with Crippen molar-refractivity contribution in [3.05, 3.63) is 35.4 Å². The molecule has 1 atom stereocenters. The Kier molecular flexibility index (Phi) is 5.69. The number of halogens is 3. The number of likely N-dealkylation sites (tertiary alicyclic amines) is 1. The van der Waals surface area contributed by atoms with Crippen molar-refractivity contribution in [2.75, 3.05) is 26.7 Å². The maximum absolute atomic E-state index is 13.1. The summed E-state index contributed by atoms with van der Waals surface area (Å²) in [5.74, 6) is -1.32. The van der Waals surface area contributed by atoms with E-state index in [1.54, 1.807) is 4.90 Å². The summed E-state index contributed by atoms with van der Waals surface area (Å²) in [6, 6.07) is 2.93. The SMILES string of the molecule is CNCC1CCN(C(=O)c2cc(F)cc(F)c2)C1.Cl. The average Bonchev–Trinajstić information content (AvgIpc) is 2.76. The lowest BCUT2D eigenvalue weighted by Crippen LogP contribution is -2.30. The fourth-order valence-electron chi connectivity index (χ4n) is 2.33. The fourth-order valence-corrected chi connectivity index (χ4v) is 2.33. The molecule has 3 nitrogen and oxygen atoms in total. The van der Waals surface area contributed by atoms with E-state index in [-0.39, 0.29) is 23.9 Å². The second-order valence-corrected chi connectivity index (χ2v) is 4.62. The van der Waals surface area contributed by atoms with Gasteiger partial charge in [0.15, 0.2) is 0 Å². The van der Waals surface area contributed by atoms with Gasteiger partial charge in [-0.2, -0.15) is 0 Å². The summed E-state index contributed by atoms with van der Waals surface area (Å²) in [4.78, 5) is 13.7. The van der Waals surface area contributed by atoms with Gasteiger partial charge in [-0.15, -0.1) is 12.4 Å². The Morgan fingerprint density at radius 1 is 1.37 bits per heavy atom. The van der Waals surface area contributed by atoms with Crippen molar-refractivity contribution in [2.24, 2.45) is 5.92 Å². The molecule has 1 N–H and O–H groups in total. The first kappa shape index (κ1) is 15.9. The van der Waals surface area contributed by atoms with E-state index in [1.165, 1.54) is 0 Å². The van der Waals surface area contributed by atoms with E-state index < -0.39 is 11.6 Å². The molecule has 0 aliphatic carbocycles. The van der Waals surface area contributed by atoms with Gasteiger partial charge in [-0.25, -0.2) is 8.78 Å². The zero-order valence-corrected chi connectivity index (χ0v) is 11.5. The summed E-state index contributed by atoms with van der Waals surface area (Å²) < 4.78 is 26.1. The van der Waals surface area contributed by atoms with Gasteiger partial charge in [0.2, 0.25) is 0 Å². The maximum Gasteiger partial charge on any atom is 0.254 e. The lowest BCUT2D eigenvalue weighted by atomic mass is 10.1. The summed E-state index contributed by atoms with van der Waals surface area (Å²) >= 11 is 0. The summed E-state index contributed by atoms with van der Waals surface area (Å²) in [5.41, 5.74) is 0.0811. The Morgan fingerprint density at radius 2 is 2.00 bits per heavy atom. The normalized spacial score (nSPS) is 18.3. The van der Waals surface area contributed by atoms with Crippen molar-refractivity contribution in [3.8, 4) is 0 Å². The van der Waals surface area contributed by atoms with Crippen LogP contribution >= 0.6 is 12.4 Å². The van der Waals surface area contributed by atoms with Crippen molar-refractivity contribution in [1.82, 2.24) is 10.2 Å². The molecule has 1 fully saturated rings. The van der Waals surface area contributed by atoms with Crippen LogP contribution in [-0.2, 0) is 0 Å². The predicted octanol–water partition coefficient (Wildman–Crippen LogP) is 2.07. The molecular formula is C13H17ClF2N2O. The first-order valence-electron chi connectivity index (χ1n) is 6.00. The first-order chi connectivity index (χ1) is 8.60. The molecule has 1 aromatic rings. The van der Waals surface area contributed by atoms with Crippen LogP contribution in [-0.4, -0.2) is 37.5 Å². The number of nitrogens with zero attached hydrogens (tertiary/aromatic N) is 1. The van der Waals surface area contributed by atoms with Gasteiger partial charge in [-0.05, 0) is 38.1 Å². The molecule has 0 aromatic heterocycles. The lowest BCUT2D eigenvalue weighted by Gasteiger charge is -2.16. The zero-order chi connectivity index (χ0) is 13.1. The van der Waals surface area contributed by atoms with Crippen LogP contribution in [0.3, 0.4) is 0 Å². The molecule has 0 radical (unpaired) electrons. The topological polar surface area (TPSA) is 32.3 Å². The highest BCUT2D eigenvalue weighted by Crippen LogP contribution is 2.19. The number of nitrogens with one attached hydrogen (secondary N) is 1. The quantitative estimate of drug-likeness (QED) is 0.924. The third-order valence-corrected chi connectivity index (χ3v) is 3.18. The van der Waals surface area contributed by atoms with E-state index >= 15 is 0 Å². The summed E-state index contributed by atoms with van der Waals surface area (Å²) in [6.07, 6.45) is 0.921. The molecular weight excluding hydrogens is 274 g/mol. The Bertz CT molecular complexity index is 436. The van der Waals surface area contributed by atoms with Crippen LogP contribution in [0.2, 0.25) is 0 Å². The van der Waals surface area contributed by atoms with Crippen molar-refractivity contribution < 1.29 is 13.6 Å². The van der Waals surface area contributed by atoms with Gasteiger partial charge in [0.05, 0.1) is 0 Å². The van der Waals surface area contributed by atoms with Gasteiger partial charge in [-0.1, -0.05) is 0 Å². The number of carbonyl (C=O) groups excluding carboxylic acids is 1. The monoisotopic (exact) mass is 290 g/mol. The fraction of sp³-hybridized carbons (Fsp3) is 0.462. The maximum atomic E-state index is 13.1. The molecule has 1 aliphatic heterocycles. The zero-order valence-electron chi connectivity index (χ0n) is 10.7. The van der Waals surface area contributed by atoms with Crippen LogP contribution in [0.5, 0.6) is 0 Å². The number of benzene rings is 1. The summed E-state index contributed by atoms with van der Waals surface area (Å²) in [7, 11) is 1.87. The smallest absolute Gasteiger partial charge is 0.254 e. The van der Waals surface area contributed by atoms with Crippen LogP contribution in [0.25, 0.3) is 0 Å². The van der Waals surface area contributed by atoms with Crippen LogP contribution in [0.15, 0.2) is 18.2 Å². The Hall–Kier alpha value is -1.20. The molecule has 1 amide bonds. The number of amides is 1. The van der Waals surface area contributed by atoms with Gasteiger partial charge in [-0.3, -0.25) is 4.79 Å². The highest BCUT2D eigenvalue weighted by atomic mass is 35.5. The predicted molar refractivity (Wildman–Crippen MR) is 71.5 cm³/mol. The van der Waals surface area contributed by atoms with Gasteiger partial charge in [0.1, 0.15) is 11.6 Å². The minimum Gasteiger partial charge on any atom is -0.338 e. The van der Waals surface area contributed by atoms with E-state index in [0.717, 1.165) is 31.2 Å². The molecule has 0 saturated carbocycles. The van der Waals surface area contributed by atoms with Gasteiger partial charge >= 0.3 is 0 Å². The molecule has 1 unspecified atom stereocenters. The number of carbonyl (C=O) groups is 1. The Balaban J connectivity index is 0.00000180. The number of hydrogen-bond acceptors (Lipinski definition) is 2. The molecule has 1 aliphatic rings. The number of rotatable bonds is 3. The van der Waals surface area contributed by atoms with Crippen LogP contribution in [0.1, 0.15) is 16.8 Å². The van der Waals surface area contributed by atoms with E-state index in [9.17, 15) is 13.6 Å². The first-order valence-corrected chi connectivity index (χ1v) is 6.00. The summed E-state index contributed by atoms with van der Waals surface area (Å²) in [5, 5.41) is 3.07. The van der Waals surface area contributed by atoms with Crippen molar-refractivity contribution >= 4 is 18.3 Å². The lowest BCUT2D eigenvalue weighted by molar-refractivity contribution is 0.0786. The van der Waals surface area contributed by atoms with Crippen molar-refractivity contribution in [1.29, 1.82) is 0 Å². The highest BCUT2D eigenvalue weighted by molar-refractivity contribution is 5.94. The highest BCUT2D eigenvalue weighted by Gasteiger charge is 2.26. The Morgan fingerprint density at radius 3 is 2.58 bits per heavy atom. The van der Waals surface area contributed by atoms with E-state index in [0.29, 0.717) is 19.0 Å². The minimum atomic E-state index is -0.718. The number of hydrogen-bond donors (Lipinski definition) is 1. The molecule has 0 spiro atoms. The Labute approximate surface area is 117 Å². The van der Waals surface area contributed by atoms with E-state index in [1.807, 2.05) is 7.05 Å². The molecule has 6 heteroatoms. The van der Waals surface area contributed by atoms with E-state index in [2.05, 4.69) is 5.32 Å². The van der Waals surface area contributed by atoms with Gasteiger partial charge in [0.25, 0.3) is 5.91 Å². The largest absolute Gasteiger partial charge is 0.338 e. The van der Waals surface area contributed by atoms with Crippen LogP contribution in [0, 0.1) is 17.6 Å². The second kappa shape index (κ2) is 6.82. The van der Waals surface area contributed by atoms with Crippen molar-refractivity contribution in [3.63, 3.8) is 0 Å². The molecule has 1 aromatic carbocycles. The molecule has 0 bridgehead atoms. The van der Waals surface area contributed by atoms with Gasteiger partial charge < -0.3 is 10.2 Å².